The predicted molar refractivity (Wildman–Crippen MR) is 77.7 cm³/mol. The smallest absolute Gasteiger partial charge is 0.409 e. The van der Waals surface area contributed by atoms with Gasteiger partial charge in [0.25, 0.3) is 0 Å². The zero-order chi connectivity index (χ0) is 14.8. The Bertz CT molecular complexity index is 506. The van der Waals surface area contributed by atoms with Gasteiger partial charge in [-0.2, -0.15) is 0 Å². The number of amides is 1. The van der Waals surface area contributed by atoms with Crippen LogP contribution in [0.4, 0.5) is 9.18 Å². The summed E-state index contributed by atoms with van der Waals surface area (Å²) in [6.07, 6.45) is 0.882. The highest BCUT2D eigenvalue weighted by Crippen LogP contribution is 2.31. The summed E-state index contributed by atoms with van der Waals surface area (Å²) < 4.78 is 17.9. The lowest BCUT2D eigenvalue weighted by Gasteiger charge is -2.23. The normalized spacial score (nSPS) is 26.4. The fourth-order valence-corrected chi connectivity index (χ4v) is 3.26. The largest absolute Gasteiger partial charge is 0.448 e. The van der Waals surface area contributed by atoms with E-state index in [1.54, 1.807) is 4.90 Å². The molecule has 5 heteroatoms. The summed E-state index contributed by atoms with van der Waals surface area (Å²) in [5.41, 5.74) is 1.20. The van der Waals surface area contributed by atoms with E-state index in [4.69, 9.17) is 4.74 Å². The first-order valence-corrected chi connectivity index (χ1v) is 7.54. The van der Waals surface area contributed by atoms with E-state index in [2.05, 4.69) is 11.8 Å². The second-order valence-corrected chi connectivity index (χ2v) is 5.93. The number of carbonyl (C=O) groups excluding carboxylic acids is 1. The summed E-state index contributed by atoms with van der Waals surface area (Å²) in [6.45, 7) is 5.98. The third kappa shape index (κ3) is 3.18. The van der Waals surface area contributed by atoms with E-state index in [9.17, 15) is 9.18 Å². The minimum Gasteiger partial charge on any atom is -0.448 e. The first-order valence-electron chi connectivity index (χ1n) is 7.54. The topological polar surface area (TPSA) is 32.8 Å². The fourth-order valence-electron chi connectivity index (χ4n) is 3.26. The number of carbonyl (C=O) groups is 1. The van der Waals surface area contributed by atoms with Gasteiger partial charge in [0.05, 0.1) is 6.54 Å². The lowest BCUT2D eigenvalue weighted by Crippen LogP contribution is -2.37. The molecule has 2 atom stereocenters. The molecule has 114 valence electrons. The minimum atomic E-state index is -0.197. The van der Waals surface area contributed by atoms with Gasteiger partial charge in [0.2, 0.25) is 0 Å². The van der Waals surface area contributed by atoms with E-state index in [1.807, 2.05) is 12.1 Å². The van der Waals surface area contributed by atoms with Crippen LogP contribution in [0.3, 0.4) is 0 Å². The summed E-state index contributed by atoms with van der Waals surface area (Å²) >= 11 is 0. The molecule has 0 saturated carbocycles. The molecule has 2 aliphatic heterocycles. The van der Waals surface area contributed by atoms with Crippen molar-refractivity contribution in [3.63, 3.8) is 0 Å². The van der Waals surface area contributed by atoms with Crippen LogP contribution >= 0.6 is 0 Å². The Hall–Kier alpha value is -1.62. The molecule has 1 aromatic rings. The van der Waals surface area contributed by atoms with Crippen molar-refractivity contribution in [1.82, 2.24) is 9.80 Å². The zero-order valence-electron chi connectivity index (χ0n) is 12.3. The van der Waals surface area contributed by atoms with Gasteiger partial charge in [-0.1, -0.05) is 12.1 Å². The SMILES string of the molecule is CC1CC(c2ccc(F)cc2)CN1CCN1CCOC1=O. The van der Waals surface area contributed by atoms with Crippen LogP contribution in [-0.4, -0.2) is 54.7 Å². The number of ether oxygens (including phenoxy) is 1. The second-order valence-electron chi connectivity index (χ2n) is 5.93. The van der Waals surface area contributed by atoms with E-state index in [1.165, 1.54) is 17.7 Å². The molecule has 0 N–H and O–H groups in total. The molecule has 0 bridgehead atoms. The van der Waals surface area contributed by atoms with Gasteiger partial charge in [-0.3, -0.25) is 4.90 Å². The molecule has 3 rings (SSSR count). The maximum absolute atomic E-state index is 13.0. The van der Waals surface area contributed by atoms with Crippen LogP contribution in [0.25, 0.3) is 0 Å². The summed E-state index contributed by atoms with van der Waals surface area (Å²) in [5.74, 6) is 0.264. The Morgan fingerprint density at radius 2 is 2.05 bits per heavy atom. The van der Waals surface area contributed by atoms with Crippen LogP contribution < -0.4 is 0 Å². The molecule has 2 heterocycles. The lowest BCUT2D eigenvalue weighted by atomic mass is 9.97. The predicted octanol–water partition coefficient (Wildman–Crippen LogP) is 2.46. The van der Waals surface area contributed by atoms with Crippen molar-refractivity contribution in [1.29, 1.82) is 0 Å². The molecular formula is C16H21FN2O2. The zero-order valence-corrected chi connectivity index (χ0v) is 12.3. The van der Waals surface area contributed by atoms with Crippen molar-refractivity contribution in [2.75, 3.05) is 32.8 Å². The number of hydrogen-bond donors (Lipinski definition) is 0. The summed E-state index contributed by atoms with van der Waals surface area (Å²) in [4.78, 5) is 15.6. The number of hydrogen-bond acceptors (Lipinski definition) is 3. The molecule has 0 radical (unpaired) electrons. The molecule has 2 saturated heterocycles. The molecular weight excluding hydrogens is 271 g/mol. The Labute approximate surface area is 124 Å². The molecule has 21 heavy (non-hydrogen) atoms. The highest BCUT2D eigenvalue weighted by Gasteiger charge is 2.31. The number of benzene rings is 1. The van der Waals surface area contributed by atoms with Crippen molar-refractivity contribution in [2.24, 2.45) is 0 Å². The molecule has 0 spiro atoms. The summed E-state index contributed by atoms with van der Waals surface area (Å²) in [5, 5.41) is 0. The molecule has 0 aromatic heterocycles. The highest BCUT2D eigenvalue weighted by molar-refractivity contribution is 5.69. The molecule has 2 fully saturated rings. The number of cyclic esters (lactones) is 1. The van der Waals surface area contributed by atoms with E-state index in [0.29, 0.717) is 25.1 Å². The minimum absolute atomic E-state index is 0.186. The average Bonchev–Trinajstić information content (AvgIpc) is 3.04. The van der Waals surface area contributed by atoms with Crippen LogP contribution in [-0.2, 0) is 4.74 Å². The lowest BCUT2D eigenvalue weighted by molar-refractivity contribution is 0.152. The first kappa shape index (κ1) is 14.3. The Morgan fingerprint density at radius 3 is 2.71 bits per heavy atom. The number of likely N-dealkylation sites (tertiary alicyclic amines) is 1. The van der Waals surface area contributed by atoms with Gasteiger partial charge in [0, 0.05) is 25.7 Å². The average molecular weight is 292 g/mol. The fraction of sp³-hybridized carbons (Fsp3) is 0.562. The molecule has 1 amide bonds. The molecule has 0 aliphatic carbocycles. The van der Waals surface area contributed by atoms with E-state index in [-0.39, 0.29) is 11.9 Å². The van der Waals surface area contributed by atoms with Gasteiger partial charge < -0.3 is 9.64 Å². The molecule has 1 aromatic carbocycles. The van der Waals surface area contributed by atoms with Gasteiger partial charge in [0.15, 0.2) is 0 Å². The van der Waals surface area contributed by atoms with E-state index in [0.717, 1.165) is 26.1 Å². The van der Waals surface area contributed by atoms with Crippen molar-refractivity contribution < 1.29 is 13.9 Å². The van der Waals surface area contributed by atoms with Gasteiger partial charge in [-0.15, -0.1) is 0 Å². The number of rotatable bonds is 4. The van der Waals surface area contributed by atoms with E-state index >= 15 is 0 Å². The van der Waals surface area contributed by atoms with Crippen LogP contribution in [0.5, 0.6) is 0 Å². The number of nitrogens with zero attached hydrogens (tertiary/aromatic N) is 2. The van der Waals surface area contributed by atoms with Gasteiger partial charge in [-0.05, 0) is 37.0 Å². The van der Waals surface area contributed by atoms with Crippen molar-refractivity contribution in [3.05, 3.63) is 35.6 Å². The van der Waals surface area contributed by atoms with Crippen LogP contribution in [0, 0.1) is 5.82 Å². The first-order chi connectivity index (χ1) is 10.1. The van der Waals surface area contributed by atoms with Crippen molar-refractivity contribution in [3.8, 4) is 0 Å². The van der Waals surface area contributed by atoms with Gasteiger partial charge >= 0.3 is 6.09 Å². The highest BCUT2D eigenvalue weighted by atomic mass is 19.1. The van der Waals surface area contributed by atoms with Gasteiger partial charge in [-0.25, -0.2) is 9.18 Å². The molecule has 2 aliphatic rings. The number of halogens is 1. The van der Waals surface area contributed by atoms with Crippen molar-refractivity contribution >= 4 is 6.09 Å². The Balaban J connectivity index is 1.55. The standard InChI is InChI=1S/C16H21FN2O2/c1-12-10-14(13-2-4-15(17)5-3-13)11-19(12)7-6-18-8-9-21-16(18)20/h2-5,12,14H,6-11H2,1H3. The summed E-state index contributed by atoms with van der Waals surface area (Å²) in [7, 11) is 0. The van der Waals surface area contributed by atoms with E-state index < -0.39 is 0 Å². The van der Waals surface area contributed by atoms with Gasteiger partial charge in [0.1, 0.15) is 12.4 Å². The second kappa shape index (κ2) is 6.02. The summed E-state index contributed by atoms with van der Waals surface area (Å²) in [6, 6.07) is 7.31. The van der Waals surface area contributed by atoms with Crippen LogP contribution in [0.2, 0.25) is 0 Å². The third-order valence-corrected chi connectivity index (χ3v) is 4.55. The maximum Gasteiger partial charge on any atom is 0.409 e. The maximum atomic E-state index is 13.0. The quantitative estimate of drug-likeness (QED) is 0.854. The Kier molecular flexibility index (Phi) is 4.10. The van der Waals surface area contributed by atoms with Crippen LogP contribution in [0.1, 0.15) is 24.8 Å². The van der Waals surface area contributed by atoms with Crippen LogP contribution in [0.15, 0.2) is 24.3 Å². The third-order valence-electron chi connectivity index (χ3n) is 4.55. The Morgan fingerprint density at radius 1 is 1.29 bits per heavy atom. The molecule has 4 nitrogen and oxygen atoms in total. The monoisotopic (exact) mass is 292 g/mol. The molecule has 2 unspecified atom stereocenters. The van der Waals surface area contributed by atoms with Crippen molar-refractivity contribution in [2.45, 2.75) is 25.3 Å².